The Labute approximate surface area is 136 Å². The quantitative estimate of drug-likeness (QED) is 0.918. The van der Waals surface area contributed by atoms with Gasteiger partial charge in [-0.1, -0.05) is 6.92 Å². The third kappa shape index (κ3) is 3.59. The molecule has 4 nitrogen and oxygen atoms in total. The lowest BCUT2D eigenvalue weighted by Gasteiger charge is -2.28. The van der Waals surface area contributed by atoms with Crippen LogP contribution in [-0.4, -0.2) is 42.7 Å². The Hall–Kier alpha value is -1.17. The van der Waals surface area contributed by atoms with Gasteiger partial charge in [0.2, 0.25) is 0 Å². The molecule has 0 aliphatic carbocycles. The van der Waals surface area contributed by atoms with Gasteiger partial charge in [-0.3, -0.25) is 4.90 Å². The molecule has 1 unspecified atom stereocenters. The molecule has 1 aromatic carbocycles. The normalized spacial score (nSPS) is 19.5. The summed E-state index contributed by atoms with van der Waals surface area (Å²) in [5, 5.41) is 4.71. The summed E-state index contributed by atoms with van der Waals surface area (Å²) in [7, 11) is 1.71. The lowest BCUT2D eigenvalue weighted by atomic mass is 10.1. The number of hydrogen-bond acceptors (Lipinski definition) is 5. The Bertz CT molecular complexity index is 605. The Morgan fingerprint density at radius 3 is 3.09 bits per heavy atom. The standard InChI is InChI=1S/C17H25N3OS/c1-3-20(13-5-4-9-18-10-8-13)12-17-19-15-7-6-14(21-2)11-16(15)22-17/h6-7,11,13,18H,3-5,8-10,12H2,1-2H3. The third-order valence-electron chi connectivity index (χ3n) is 4.45. The van der Waals surface area contributed by atoms with Gasteiger partial charge in [-0.2, -0.15) is 0 Å². The predicted molar refractivity (Wildman–Crippen MR) is 92.8 cm³/mol. The molecule has 0 spiro atoms. The van der Waals surface area contributed by atoms with E-state index in [1.54, 1.807) is 18.4 Å². The van der Waals surface area contributed by atoms with Crippen LogP contribution in [0.2, 0.25) is 0 Å². The molecule has 120 valence electrons. The minimum atomic E-state index is 0.682. The van der Waals surface area contributed by atoms with E-state index in [-0.39, 0.29) is 0 Å². The van der Waals surface area contributed by atoms with Crippen LogP contribution in [0.15, 0.2) is 18.2 Å². The number of fused-ring (bicyclic) bond motifs is 1. The molecule has 1 fully saturated rings. The van der Waals surface area contributed by atoms with Gasteiger partial charge in [0.1, 0.15) is 10.8 Å². The van der Waals surface area contributed by atoms with Crippen LogP contribution in [0.25, 0.3) is 10.2 Å². The first-order valence-corrected chi connectivity index (χ1v) is 9.00. The number of methoxy groups -OCH3 is 1. The van der Waals surface area contributed by atoms with Crippen LogP contribution < -0.4 is 10.1 Å². The van der Waals surface area contributed by atoms with E-state index in [2.05, 4.69) is 29.3 Å². The van der Waals surface area contributed by atoms with Crippen molar-refractivity contribution in [3.8, 4) is 5.75 Å². The van der Waals surface area contributed by atoms with Crippen LogP contribution in [0.1, 0.15) is 31.2 Å². The second kappa shape index (κ2) is 7.40. The van der Waals surface area contributed by atoms with Gasteiger partial charge in [-0.25, -0.2) is 4.98 Å². The molecule has 2 aromatic rings. The summed E-state index contributed by atoms with van der Waals surface area (Å²) in [6.07, 6.45) is 3.81. The van der Waals surface area contributed by atoms with Gasteiger partial charge < -0.3 is 10.1 Å². The molecular weight excluding hydrogens is 294 g/mol. The van der Waals surface area contributed by atoms with E-state index >= 15 is 0 Å². The largest absolute Gasteiger partial charge is 0.497 e. The fourth-order valence-electron chi connectivity index (χ4n) is 3.19. The number of nitrogens with one attached hydrogen (secondary N) is 1. The maximum absolute atomic E-state index is 5.30. The summed E-state index contributed by atoms with van der Waals surface area (Å²) in [4.78, 5) is 7.39. The SMILES string of the molecule is CCN(Cc1nc2ccc(OC)cc2s1)C1CCCNCC1. The van der Waals surface area contributed by atoms with Crippen molar-refractivity contribution in [3.63, 3.8) is 0 Å². The first-order chi connectivity index (χ1) is 10.8. The number of nitrogens with zero attached hydrogens (tertiary/aromatic N) is 2. The third-order valence-corrected chi connectivity index (χ3v) is 5.45. The van der Waals surface area contributed by atoms with Crippen molar-refractivity contribution in [2.75, 3.05) is 26.7 Å². The predicted octanol–water partition coefficient (Wildman–Crippen LogP) is 3.27. The Kier molecular flexibility index (Phi) is 5.28. The van der Waals surface area contributed by atoms with E-state index in [1.165, 1.54) is 29.0 Å². The first kappa shape index (κ1) is 15.7. The lowest BCUT2D eigenvalue weighted by Crippen LogP contribution is -2.35. The highest BCUT2D eigenvalue weighted by Crippen LogP contribution is 2.28. The van der Waals surface area contributed by atoms with E-state index in [0.717, 1.165) is 37.4 Å². The van der Waals surface area contributed by atoms with Crippen molar-refractivity contribution in [2.24, 2.45) is 0 Å². The summed E-state index contributed by atoms with van der Waals surface area (Å²) >= 11 is 1.79. The molecule has 1 aliphatic rings. The number of ether oxygens (including phenoxy) is 1. The highest BCUT2D eigenvalue weighted by molar-refractivity contribution is 7.18. The van der Waals surface area contributed by atoms with Crippen LogP contribution in [0.4, 0.5) is 0 Å². The summed E-state index contributed by atoms with van der Waals surface area (Å²) in [6, 6.07) is 6.81. The van der Waals surface area contributed by atoms with Crippen molar-refractivity contribution < 1.29 is 4.74 Å². The van der Waals surface area contributed by atoms with Crippen LogP contribution in [0.3, 0.4) is 0 Å². The van der Waals surface area contributed by atoms with Crippen LogP contribution in [-0.2, 0) is 6.54 Å². The monoisotopic (exact) mass is 319 g/mol. The molecule has 0 saturated carbocycles. The number of thiazole rings is 1. The minimum Gasteiger partial charge on any atom is -0.497 e. The Morgan fingerprint density at radius 1 is 1.36 bits per heavy atom. The zero-order valence-electron chi connectivity index (χ0n) is 13.5. The molecule has 5 heteroatoms. The Morgan fingerprint density at radius 2 is 2.27 bits per heavy atom. The minimum absolute atomic E-state index is 0.682. The summed E-state index contributed by atoms with van der Waals surface area (Å²) in [6.45, 7) is 6.61. The highest BCUT2D eigenvalue weighted by atomic mass is 32.1. The second-order valence-corrected chi connectivity index (χ2v) is 6.95. The molecular formula is C17H25N3OS. The van der Waals surface area contributed by atoms with Crippen LogP contribution >= 0.6 is 11.3 Å². The van der Waals surface area contributed by atoms with Gasteiger partial charge in [-0.15, -0.1) is 11.3 Å². The Balaban J connectivity index is 1.75. The van der Waals surface area contributed by atoms with Gasteiger partial charge in [0.25, 0.3) is 0 Å². The zero-order valence-corrected chi connectivity index (χ0v) is 14.3. The zero-order chi connectivity index (χ0) is 15.4. The molecule has 22 heavy (non-hydrogen) atoms. The molecule has 0 amide bonds. The molecule has 1 aliphatic heterocycles. The van der Waals surface area contributed by atoms with Gasteiger partial charge in [0.05, 0.1) is 23.9 Å². The lowest BCUT2D eigenvalue weighted by molar-refractivity contribution is 0.182. The van der Waals surface area contributed by atoms with E-state index in [0.29, 0.717) is 6.04 Å². The van der Waals surface area contributed by atoms with E-state index < -0.39 is 0 Å². The molecule has 3 rings (SSSR count). The molecule has 0 radical (unpaired) electrons. The molecule has 2 heterocycles. The summed E-state index contributed by atoms with van der Waals surface area (Å²) in [5.41, 5.74) is 1.08. The topological polar surface area (TPSA) is 37.4 Å². The number of benzene rings is 1. The summed E-state index contributed by atoms with van der Waals surface area (Å²) in [5.74, 6) is 0.907. The van der Waals surface area contributed by atoms with E-state index in [4.69, 9.17) is 9.72 Å². The molecule has 1 N–H and O–H groups in total. The molecule has 1 aromatic heterocycles. The maximum atomic E-state index is 5.30. The van der Waals surface area contributed by atoms with E-state index in [9.17, 15) is 0 Å². The average molecular weight is 319 g/mol. The fourth-order valence-corrected chi connectivity index (χ4v) is 4.21. The van der Waals surface area contributed by atoms with E-state index in [1.807, 2.05) is 6.07 Å². The van der Waals surface area contributed by atoms with Crippen molar-refractivity contribution in [1.29, 1.82) is 0 Å². The van der Waals surface area contributed by atoms with Crippen molar-refractivity contribution in [2.45, 2.75) is 38.8 Å². The second-order valence-electron chi connectivity index (χ2n) is 5.84. The highest BCUT2D eigenvalue weighted by Gasteiger charge is 2.20. The smallest absolute Gasteiger partial charge is 0.120 e. The molecule has 0 bridgehead atoms. The maximum Gasteiger partial charge on any atom is 0.120 e. The fraction of sp³-hybridized carbons (Fsp3) is 0.588. The van der Waals surface area contributed by atoms with Crippen molar-refractivity contribution >= 4 is 21.6 Å². The van der Waals surface area contributed by atoms with Gasteiger partial charge in [-0.05, 0) is 57.1 Å². The van der Waals surface area contributed by atoms with Gasteiger partial charge >= 0.3 is 0 Å². The number of hydrogen-bond donors (Lipinski definition) is 1. The van der Waals surface area contributed by atoms with Crippen molar-refractivity contribution in [3.05, 3.63) is 23.2 Å². The summed E-state index contributed by atoms with van der Waals surface area (Å²) < 4.78 is 6.52. The van der Waals surface area contributed by atoms with Crippen LogP contribution in [0.5, 0.6) is 5.75 Å². The first-order valence-electron chi connectivity index (χ1n) is 8.18. The number of aromatic nitrogens is 1. The van der Waals surface area contributed by atoms with Crippen molar-refractivity contribution in [1.82, 2.24) is 15.2 Å². The van der Waals surface area contributed by atoms with Crippen LogP contribution in [0, 0.1) is 0 Å². The molecule has 1 atom stereocenters. The van der Waals surface area contributed by atoms with Gasteiger partial charge in [0.15, 0.2) is 0 Å². The average Bonchev–Trinajstić information content (AvgIpc) is 2.75. The molecule has 1 saturated heterocycles. The van der Waals surface area contributed by atoms with Gasteiger partial charge in [0, 0.05) is 6.04 Å². The number of rotatable bonds is 5.